The van der Waals surface area contributed by atoms with Gasteiger partial charge in [0.25, 0.3) is 0 Å². The van der Waals surface area contributed by atoms with Crippen LogP contribution in [0.3, 0.4) is 0 Å². The van der Waals surface area contributed by atoms with Gasteiger partial charge in [0, 0.05) is 25.7 Å². The topological polar surface area (TPSA) is 403 Å². The molecule has 0 saturated heterocycles. The van der Waals surface area contributed by atoms with Gasteiger partial charge in [-0.15, -0.1) is 0 Å². The van der Waals surface area contributed by atoms with Gasteiger partial charge in [-0.1, -0.05) is 0 Å². The first kappa shape index (κ1) is 59.3. The lowest BCUT2D eigenvalue weighted by Crippen LogP contribution is -2.12. The van der Waals surface area contributed by atoms with Crippen molar-refractivity contribution in [3.8, 4) is 0 Å². The Hall–Kier alpha value is -4.20. The highest BCUT2D eigenvalue weighted by atomic mass is 16.4. The molecule has 0 saturated carbocycles. The summed E-state index contributed by atoms with van der Waals surface area (Å²) in [6, 6.07) is 5.02. The molecule has 18 heteroatoms. The Kier molecular flexibility index (Phi) is 73.8. The summed E-state index contributed by atoms with van der Waals surface area (Å²) in [6.45, 7) is 0. The second-order valence-corrected chi connectivity index (χ2v) is 6.47. The highest BCUT2D eigenvalue weighted by Gasteiger charge is 2.05. The van der Waals surface area contributed by atoms with Gasteiger partial charge in [-0.25, -0.2) is 9.59 Å². The Morgan fingerprint density at radius 3 is 0.636 bits per heavy atom. The van der Waals surface area contributed by atoms with E-state index < -0.39 is 11.9 Å². The number of hydrogen-bond acceptors (Lipinski definition) is 12. The maximum absolute atomic E-state index is 10.3. The molecule has 18 nitrogen and oxygen atoms in total. The standard InChI is InChI=1S/C8H6O4.2C6H12N2O2.6CH5N/c9-7(10)5-1-2-6(4-3-5)8(11)12;2*7-5(9)3-1-2-4-6(8)10;6*1-2/h1-4H,(H,9,10)(H,11,12);2*1-4H2,(H2,7,9)(H2,8,10);6*2H2,1H3. The first-order valence-corrected chi connectivity index (χ1v) is 13.0. The van der Waals surface area contributed by atoms with Crippen LogP contribution in [-0.4, -0.2) is 88.1 Å². The zero-order chi connectivity index (χ0) is 37.1. The SMILES string of the molecule is CN.CN.CN.CN.CN.CN.NC(=O)CCCCC(N)=O.NC(=O)CCCCC(N)=O.O=C(O)c1ccc(C(=O)O)cc1. The van der Waals surface area contributed by atoms with Crippen molar-refractivity contribution in [3.05, 3.63) is 35.4 Å². The predicted octanol–water partition coefficient (Wildman–Crippen LogP) is -2.43. The normalized spacial score (nSPS) is 7.55. The first-order chi connectivity index (χ1) is 20.9. The van der Waals surface area contributed by atoms with Crippen LogP contribution in [0, 0.1) is 0 Å². The van der Waals surface area contributed by atoms with Crippen molar-refractivity contribution in [2.75, 3.05) is 42.3 Å². The molecule has 4 amide bonds. The van der Waals surface area contributed by atoms with Crippen molar-refractivity contribution in [1.29, 1.82) is 0 Å². The van der Waals surface area contributed by atoms with Crippen molar-refractivity contribution >= 4 is 35.6 Å². The number of hydrogen-bond donors (Lipinski definition) is 12. The average Bonchev–Trinajstić information content (AvgIpc) is 3.04. The van der Waals surface area contributed by atoms with E-state index in [1.165, 1.54) is 66.6 Å². The van der Waals surface area contributed by atoms with Gasteiger partial charge in [-0.05, 0) is 92.2 Å². The van der Waals surface area contributed by atoms with E-state index in [1.807, 2.05) is 0 Å². The predicted molar refractivity (Wildman–Crippen MR) is 175 cm³/mol. The molecule has 0 unspecified atom stereocenters. The lowest BCUT2D eigenvalue weighted by Gasteiger charge is -1.94. The number of unbranched alkanes of at least 4 members (excludes halogenated alkanes) is 2. The van der Waals surface area contributed by atoms with Gasteiger partial charge >= 0.3 is 11.9 Å². The van der Waals surface area contributed by atoms with Gasteiger partial charge < -0.3 is 67.5 Å². The van der Waals surface area contributed by atoms with E-state index in [0.29, 0.717) is 51.4 Å². The smallest absolute Gasteiger partial charge is 0.335 e. The number of carboxylic acid groups (broad SMARTS) is 2. The summed E-state index contributed by atoms with van der Waals surface area (Å²) in [4.78, 5) is 61.3. The van der Waals surface area contributed by atoms with Gasteiger partial charge in [-0.3, -0.25) is 19.2 Å². The van der Waals surface area contributed by atoms with Crippen molar-refractivity contribution in [1.82, 2.24) is 0 Å². The van der Waals surface area contributed by atoms with Gasteiger partial charge in [0.05, 0.1) is 11.1 Å². The molecule has 1 rings (SSSR count). The number of aromatic carboxylic acids is 2. The Labute approximate surface area is 261 Å². The molecule has 0 fully saturated rings. The van der Waals surface area contributed by atoms with Crippen LogP contribution in [0.25, 0.3) is 0 Å². The van der Waals surface area contributed by atoms with E-state index in [4.69, 9.17) is 33.1 Å². The number of carboxylic acids is 2. The Balaban J connectivity index is -0.0000000628. The molecular formula is C26H60N10O8. The van der Waals surface area contributed by atoms with E-state index in [1.54, 1.807) is 0 Å². The van der Waals surface area contributed by atoms with E-state index in [9.17, 15) is 28.8 Å². The van der Waals surface area contributed by atoms with Crippen LogP contribution in [0.4, 0.5) is 0 Å². The number of nitrogens with two attached hydrogens (primary N) is 10. The molecule has 1 aromatic rings. The third kappa shape index (κ3) is 66.2. The van der Waals surface area contributed by atoms with Crippen LogP contribution in [0.1, 0.15) is 72.1 Å². The van der Waals surface area contributed by atoms with E-state index >= 15 is 0 Å². The van der Waals surface area contributed by atoms with Gasteiger partial charge in [0.2, 0.25) is 23.6 Å². The maximum atomic E-state index is 10.3. The lowest BCUT2D eigenvalue weighted by atomic mass is 10.1. The summed E-state index contributed by atoms with van der Waals surface area (Å²) in [7, 11) is 9.00. The quantitative estimate of drug-likeness (QED) is 0.106. The Bertz CT molecular complexity index is 701. The second-order valence-electron chi connectivity index (χ2n) is 6.47. The molecule has 0 bridgehead atoms. The monoisotopic (exact) mass is 640 g/mol. The fraction of sp³-hybridized carbons (Fsp3) is 0.538. The van der Waals surface area contributed by atoms with Crippen molar-refractivity contribution in [2.24, 2.45) is 57.3 Å². The first-order valence-electron chi connectivity index (χ1n) is 13.0. The summed E-state index contributed by atoms with van der Waals surface area (Å²) in [6.07, 6.45) is 3.97. The van der Waals surface area contributed by atoms with E-state index in [2.05, 4.69) is 34.4 Å². The molecule has 262 valence electrons. The Morgan fingerprint density at radius 2 is 0.545 bits per heavy atom. The summed E-state index contributed by atoms with van der Waals surface area (Å²) < 4.78 is 0. The Morgan fingerprint density at radius 1 is 0.409 bits per heavy atom. The van der Waals surface area contributed by atoms with Crippen LogP contribution >= 0.6 is 0 Å². The fourth-order valence-electron chi connectivity index (χ4n) is 1.95. The largest absolute Gasteiger partial charge is 0.478 e. The molecule has 0 atom stereocenters. The number of amides is 4. The fourth-order valence-corrected chi connectivity index (χ4v) is 1.95. The zero-order valence-corrected chi connectivity index (χ0v) is 27.1. The van der Waals surface area contributed by atoms with Crippen LogP contribution in [-0.2, 0) is 19.2 Å². The molecule has 0 aromatic heterocycles. The minimum Gasteiger partial charge on any atom is -0.478 e. The van der Waals surface area contributed by atoms with Crippen LogP contribution in [0.2, 0.25) is 0 Å². The number of rotatable bonds is 12. The van der Waals surface area contributed by atoms with E-state index in [-0.39, 0.29) is 34.8 Å². The number of carbonyl (C=O) groups is 6. The third-order valence-electron chi connectivity index (χ3n) is 3.57. The molecule has 0 heterocycles. The van der Waals surface area contributed by atoms with Gasteiger partial charge in [0.1, 0.15) is 0 Å². The summed E-state index contributed by atoms with van der Waals surface area (Å²) >= 11 is 0. The number of primary amides is 4. The van der Waals surface area contributed by atoms with Gasteiger partial charge in [-0.2, -0.15) is 0 Å². The molecule has 22 N–H and O–H groups in total. The highest BCUT2D eigenvalue weighted by molar-refractivity contribution is 5.91. The van der Waals surface area contributed by atoms with Crippen molar-refractivity contribution in [2.45, 2.75) is 51.4 Å². The minimum atomic E-state index is -1.06. The molecule has 1 aromatic carbocycles. The number of benzene rings is 1. The van der Waals surface area contributed by atoms with Crippen LogP contribution in [0.15, 0.2) is 24.3 Å². The highest BCUT2D eigenvalue weighted by Crippen LogP contribution is 2.03. The van der Waals surface area contributed by atoms with Crippen molar-refractivity contribution in [3.63, 3.8) is 0 Å². The van der Waals surface area contributed by atoms with Crippen LogP contribution < -0.4 is 57.3 Å². The van der Waals surface area contributed by atoms with E-state index in [0.717, 1.165) is 0 Å². The lowest BCUT2D eigenvalue weighted by molar-refractivity contribution is -0.119. The summed E-state index contributed by atoms with van der Waals surface area (Å²) in [5.74, 6) is -3.44. The molecule has 0 aliphatic rings. The molecule has 0 aliphatic carbocycles. The molecule has 44 heavy (non-hydrogen) atoms. The zero-order valence-electron chi connectivity index (χ0n) is 27.1. The van der Waals surface area contributed by atoms with Crippen LogP contribution in [0.5, 0.6) is 0 Å². The molecule has 0 aliphatic heterocycles. The maximum Gasteiger partial charge on any atom is 0.335 e. The second kappa shape index (κ2) is 54.8. The van der Waals surface area contributed by atoms with Crippen molar-refractivity contribution < 1.29 is 39.0 Å². The third-order valence-corrected chi connectivity index (χ3v) is 3.57. The summed E-state index contributed by atoms with van der Waals surface area (Å²) in [5, 5.41) is 16.9. The minimum absolute atomic E-state index is 0.0833. The molecule has 0 radical (unpaired) electrons. The molecule has 0 spiro atoms. The summed E-state index contributed by atoms with van der Waals surface area (Å²) in [5.41, 5.74) is 46.6. The van der Waals surface area contributed by atoms with Gasteiger partial charge in [0.15, 0.2) is 0 Å². The molecular weight excluding hydrogens is 580 g/mol. The number of carbonyl (C=O) groups excluding carboxylic acids is 4. The average molecular weight is 641 g/mol.